The van der Waals surface area contributed by atoms with Crippen LogP contribution in [0.15, 0.2) is 36.4 Å². The Balaban J connectivity index is 1.66. The zero-order valence-electron chi connectivity index (χ0n) is 16.4. The molecule has 2 rings (SSSR count). The van der Waals surface area contributed by atoms with Gasteiger partial charge in [0.1, 0.15) is 12.4 Å². The molecule has 0 atom stereocenters. The molecule has 146 valence electrons. The number of carbonyl (C=O) groups is 1. The lowest BCUT2D eigenvalue weighted by molar-refractivity contribution is 0.236. The average molecular weight is 372 g/mol. The van der Waals surface area contributed by atoms with Crippen LogP contribution >= 0.6 is 0 Å². The Labute approximate surface area is 160 Å². The zero-order chi connectivity index (χ0) is 19.6. The number of hydrogen-bond acceptors (Lipinski definition) is 4. The van der Waals surface area contributed by atoms with Crippen molar-refractivity contribution in [3.8, 4) is 17.2 Å². The monoisotopic (exact) mass is 372 g/mol. The van der Waals surface area contributed by atoms with E-state index in [4.69, 9.17) is 14.2 Å². The first-order chi connectivity index (χ1) is 13.0. The fourth-order valence-corrected chi connectivity index (χ4v) is 2.77. The summed E-state index contributed by atoms with van der Waals surface area (Å²) >= 11 is 0. The molecule has 0 aromatic heterocycles. The number of aryl methyl sites for hydroxylation is 2. The number of amides is 2. The smallest absolute Gasteiger partial charge is 0.314 e. The Kier molecular flexibility index (Phi) is 7.79. The molecule has 2 aromatic carbocycles. The van der Waals surface area contributed by atoms with Gasteiger partial charge >= 0.3 is 6.03 Å². The molecular weight excluding hydrogens is 344 g/mol. The third-order valence-corrected chi connectivity index (χ3v) is 4.00. The lowest BCUT2D eigenvalue weighted by Gasteiger charge is -2.11. The van der Waals surface area contributed by atoms with Gasteiger partial charge in [-0.15, -0.1) is 0 Å². The molecule has 0 unspecified atom stereocenters. The highest BCUT2D eigenvalue weighted by molar-refractivity contribution is 5.73. The van der Waals surface area contributed by atoms with Crippen molar-refractivity contribution in [2.24, 2.45) is 0 Å². The topological polar surface area (TPSA) is 68.8 Å². The Morgan fingerprint density at radius 3 is 2.22 bits per heavy atom. The highest BCUT2D eigenvalue weighted by Gasteiger charge is 2.05. The molecule has 2 aromatic rings. The van der Waals surface area contributed by atoms with Crippen molar-refractivity contribution in [2.75, 3.05) is 33.9 Å². The van der Waals surface area contributed by atoms with Crippen LogP contribution in [0.4, 0.5) is 4.79 Å². The number of ether oxygens (including phenoxy) is 3. The van der Waals surface area contributed by atoms with E-state index in [1.807, 2.05) is 44.2 Å². The van der Waals surface area contributed by atoms with Crippen LogP contribution in [0.2, 0.25) is 0 Å². The number of methoxy groups -OCH3 is 2. The van der Waals surface area contributed by atoms with Crippen LogP contribution in [0.25, 0.3) is 0 Å². The Bertz CT molecular complexity index is 742. The number of rotatable bonds is 9. The van der Waals surface area contributed by atoms with Crippen LogP contribution in [0, 0.1) is 13.8 Å². The number of urea groups is 1. The van der Waals surface area contributed by atoms with Gasteiger partial charge in [-0.25, -0.2) is 4.79 Å². The van der Waals surface area contributed by atoms with Gasteiger partial charge in [0, 0.05) is 6.54 Å². The largest absolute Gasteiger partial charge is 0.493 e. The molecular formula is C21H28N2O4. The molecule has 27 heavy (non-hydrogen) atoms. The lowest BCUT2D eigenvalue weighted by Crippen LogP contribution is -2.38. The third-order valence-electron chi connectivity index (χ3n) is 4.00. The van der Waals surface area contributed by atoms with Gasteiger partial charge in [-0.1, -0.05) is 12.1 Å². The molecule has 0 fully saturated rings. The molecule has 2 N–H and O–H groups in total. The second kappa shape index (κ2) is 10.3. The van der Waals surface area contributed by atoms with Crippen LogP contribution in [-0.2, 0) is 6.42 Å². The predicted octanol–water partition coefficient (Wildman–Crippen LogP) is 3.24. The minimum absolute atomic E-state index is 0.209. The lowest BCUT2D eigenvalue weighted by atomic mass is 10.1. The van der Waals surface area contributed by atoms with E-state index in [1.54, 1.807) is 14.2 Å². The molecule has 0 aliphatic carbocycles. The second-order valence-corrected chi connectivity index (χ2v) is 6.29. The summed E-state index contributed by atoms with van der Waals surface area (Å²) in [5, 5.41) is 5.63. The van der Waals surface area contributed by atoms with Crippen LogP contribution in [0.3, 0.4) is 0 Å². The Morgan fingerprint density at radius 1 is 0.889 bits per heavy atom. The maximum Gasteiger partial charge on any atom is 0.314 e. The standard InChI is InChI=1S/C21H28N2O4/c1-15-11-16(2)13-18(12-15)27-10-9-23-21(24)22-8-7-17-5-6-19(25-3)20(14-17)26-4/h5-6,11-14H,7-10H2,1-4H3,(H2,22,23,24). The second-order valence-electron chi connectivity index (χ2n) is 6.29. The van der Waals surface area contributed by atoms with Crippen molar-refractivity contribution in [1.82, 2.24) is 10.6 Å². The Hall–Kier alpha value is -2.89. The van der Waals surface area contributed by atoms with E-state index in [0.29, 0.717) is 37.6 Å². The van der Waals surface area contributed by atoms with Crippen molar-refractivity contribution >= 4 is 6.03 Å². The summed E-state index contributed by atoms with van der Waals surface area (Å²) in [6.45, 7) is 5.45. The van der Waals surface area contributed by atoms with Gasteiger partial charge in [0.2, 0.25) is 0 Å². The summed E-state index contributed by atoms with van der Waals surface area (Å²) in [6.07, 6.45) is 0.701. The number of benzene rings is 2. The van der Waals surface area contributed by atoms with Crippen molar-refractivity contribution in [3.63, 3.8) is 0 Å². The van der Waals surface area contributed by atoms with Crippen LogP contribution in [-0.4, -0.2) is 39.9 Å². The minimum atomic E-state index is -0.209. The van der Waals surface area contributed by atoms with Gasteiger partial charge in [0.05, 0.1) is 20.8 Å². The molecule has 0 saturated heterocycles. The molecule has 0 radical (unpaired) electrons. The first kappa shape index (κ1) is 20.4. The Morgan fingerprint density at radius 2 is 1.56 bits per heavy atom. The highest BCUT2D eigenvalue weighted by atomic mass is 16.5. The van der Waals surface area contributed by atoms with E-state index in [1.165, 1.54) is 0 Å². The summed E-state index contributed by atoms with van der Waals surface area (Å²) < 4.78 is 16.2. The highest BCUT2D eigenvalue weighted by Crippen LogP contribution is 2.27. The molecule has 0 aliphatic rings. The summed E-state index contributed by atoms with van der Waals surface area (Å²) in [4.78, 5) is 11.9. The van der Waals surface area contributed by atoms with Crippen LogP contribution in [0.1, 0.15) is 16.7 Å². The molecule has 0 bridgehead atoms. The predicted molar refractivity (Wildman–Crippen MR) is 106 cm³/mol. The SMILES string of the molecule is COc1ccc(CCNC(=O)NCCOc2cc(C)cc(C)c2)cc1OC. The summed E-state index contributed by atoms with van der Waals surface area (Å²) in [5.41, 5.74) is 3.38. The van der Waals surface area contributed by atoms with E-state index < -0.39 is 0 Å². The van der Waals surface area contributed by atoms with Gasteiger partial charge in [-0.3, -0.25) is 0 Å². The average Bonchev–Trinajstić information content (AvgIpc) is 2.64. The van der Waals surface area contributed by atoms with Crippen molar-refractivity contribution in [2.45, 2.75) is 20.3 Å². The summed E-state index contributed by atoms with van der Waals surface area (Å²) in [7, 11) is 3.21. The van der Waals surface area contributed by atoms with Crippen LogP contribution < -0.4 is 24.8 Å². The molecule has 0 saturated carbocycles. The van der Waals surface area contributed by atoms with Crippen molar-refractivity contribution in [1.29, 1.82) is 0 Å². The summed E-state index contributed by atoms with van der Waals surface area (Å²) in [5.74, 6) is 2.20. The number of nitrogens with one attached hydrogen (secondary N) is 2. The molecule has 6 nitrogen and oxygen atoms in total. The van der Waals surface area contributed by atoms with E-state index >= 15 is 0 Å². The maximum atomic E-state index is 11.9. The quantitative estimate of drug-likeness (QED) is 0.663. The molecule has 0 heterocycles. The van der Waals surface area contributed by atoms with Crippen LogP contribution in [0.5, 0.6) is 17.2 Å². The van der Waals surface area contributed by atoms with Crippen molar-refractivity contribution < 1.29 is 19.0 Å². The normalized spacial score (nSPS) is 10.2. The van der Waals surface area contributed by atoms with E-state index in [-0.39, 0.29) is 6.03 Å². The van der Waals surface area contributed by atoms with Gasteiger partial charge in [0.15, 0.2) is 11.5 Å². The van der Waals surface area contributed by atoms with Gasteiger partial charge in [-0.05, 0) is 61.2 Å². The van der Waals surface area contributed by atoms with Crippen molar-refractivity contribution in [3.05, 3.63) is 53.1 Å². The first-order valence-corrected chi connectivity index (χ1v) is 8.95. The van der Waals surface area contributed by atoms with Gasteiger partial charge in [0.25, 0.3) is 0 Å². The fraction of sp³-hybridized carbons (Fsp3) is 0.381. The number of hydrogen-bond donors (Lipinski definition) is 2. The van der Waals surface area contributed by atoms with E-state index in [0.717, 1.165) is 22.4 Å². The van der Waals surface area contributed by atoms with E-state index in [9.17, 15) is 4.79 Å². The number of carbonyl (C=O) groups excluding carboxylic acids is 1. The molecule has 6 heteroatoms. The molecule has 0 aliphatic heterocycles. The fourth-order valence-electron chi connectivity index (χ4n) is 2.77. The van der Waals surface area contributed by atoms with Gasteiger partial charge < -0.3 is 24.8 Å². The molecule has 2 amide bonds. The third kappa shape index (κ3) is 6.73. The van der Waals surface area contributed by atoms with E-state index in [2.05, 4.69) is 16.7 Å². The first-order valence-electron chi connectivity index (χ1n) is 8.95. The zero-order valence-corrected chi connectivity index (χ0v) is 16.4. The maximum absolute atomic E-state index is 11.9. The van der Waals surface area contributed by atoms with Gasteiger partial charge in [-0.2, -0.15) is 0 Å². The molecule has 0 spiro atoms. The summed E-state index contributed by atoms with van der Waals surface area (Å²) in [6, 6.07) is 11.6. The minimum Gasteiger partial charge on any atom is -0.493 e.